The molecule has 0 bridgehead atoms. The van der Waals surface area contributed by atoms with Gasteiger partial charge in [0.25, 0.3) is 5.89 Å². The zero-order chi connectivity index (χ0) is 17.5. The van der Waals surface area contributed by atoms with Crippen LogP contribution in [0, 0.1) is 0 Å². The maximum absolute atomic E-state index is 5.37. The van der Waals surface area contributed by atoms with Crippen molar-refractivity contribution < 1.29 is 4.52 Å². The van der Waals surface area contributed by atoms with Crippen LogP contribution in [0.1, 0.15) is 37.6 Å². The number of benzene rings is 1. The average molecular weight is 467 g/mol. The monoisotopic (exact) mass is 467 g/mol. The Bertz CT molecular complexity index is 748. The summed E-state index contributed by atoms with van der Waals surface area (Å²) in [5.41, 5.74) is 2.08. The molecule has 0 fully saturated rings. The molecule has 0 atom stereocenters. The number of nitrogens with one attached hydrogen (secondary N) is 2. The highest BCUT2D eigenvalue weighted by Crippen LogP contribution is 2.19. The minimum Gasteiger partial charge on any atom is -0.353 e. The normalized spacial score (nSPS) is 14.3. The summed E-state index contributed by atoms with van der Waals surface area (Å²) in [6.45, 7) is 2.79. The van der Waals surface area contributed by atoms with Crippen LogP contribution in [0.25, 0.3) is 11.5 Å². The minimum absolute atomic E-state index is 0. The van der Waals surface area contributed by atoms with Crippen LogP contribution in [-0.4, -0.2) is 29.2 Å². The van der Waals surface area contributed by atoms with Crippen LogP contribution >= 0.6 is 24.0 Å². The van der Waals surface area contributed by atoms with E-state index in [-0.39, 0.29) is 24.0 Å². The zero-order valence-electron chi connectivity index (χ0n) is 15.2. The summed E-state index contributed by atoms with van der Waals surface area (Å²) in [5, 5.41) is 10.8. The third kappa shape index (κ3) is 5.55. The molecule has 0 saturated heterocycles. The predicted octanol–water partition coefficient (Wildman–Crippen LogP) is 3.69. The molecule has 0 saturated carbocycles. The predicted molar refractivity (Wildman–Crippen MR) is 115 cm³/mol. The summed E-state index contributed by atoms with van der Waals surface area (Å²) in [4.78, 5) is 8.75. The molecular formula is C19H26IN5O. The molecule has 1 aromatic carbocycles. The lowest BCUT2D eigenvalue weighted by molar-refractivity contribution is 0.422. The van der Waals surface area contributed by atoms with Gasteiger partial charge in [-0.25, -0.2) is 0 Å². The van der Waals surface area contributed by atoms with Crippen molar-refractivity contribution in [2.45, 2.75) is 45.2 Å². The number of aliphatic imine (C=N–C) groups is 1. The topological polar surface area (TPSA) is 75.3 Å². The number of nitrogens with zero attached hydrogens (tertiary/aromatic N) is 3. The first-order chi connectivity index (χ1) is 12.3. The lowest BCUT2D eigenvalue weighted by Crippen LogP contribution is -2.42. The van der Waals surface area contributed by atoms with Crippen LogP contribution < -0.4 is 10.6 Å². The second kappa shape index (κ2) is 10.3. The molecule has 1 heterocycles. The fraction of sp³-hybridized carbons (Fsp3) is 0.421. The van der Waals surface area contributed by atoms with Gasteiger partial charge >= 0.3 is 0 Å². The van der Waals surface area contributed by atoms with Gasteiger partial charge < -0.3 is 15.2 Å². The van der Waals surface area contributed by atoms with Gasteiger partial charge in [0, 0.05) is 31.6 Å². The second-order valence-corrected chi connectivity index (χ2v) is 6.18. The van der Waals surface area contributed by atoms with Crippen molar-refractivity contribution in [3.8, 4) is 11.5 Å². The van der Waals surface area contributed by atoms with E-state index in [0.29, 0.717) is 18.5 Å². The van der Waals surface area contributed by atoms with Crippen molar-refractivity contribution in [2.24, 2.45) is 4.99 Å². The fourth-order valence-electron chi connectivity index (χ4n) is 2.82. The maximum Gasteiger partial charge on any atom is 0.257 e. The molecule has 1 aliphatic carbocycles. The number of aromatic nitrogens is 2. The van der Waals surface area contributed by atoms with E-state index >= 15 is 0 Å². The summed E-state index contributed by atoms with van der Waals surface area (Å²) in [6.07, 6.45) is 8.34. The number of aryl methyl sites for hydroxylation is 1. The molecule has 26 heavy (non-hydrogen) atoms. The SMILES string of the molecule is CCCc1noc(-c2cccc(CNC(=NC)NC3CC=CC3)c2)n1.I. The highest BCUT2D eigenvalue weighted by atomic mass is 127. The van der Waals surface area contributed by atoms with Gasteiger partial charge in [-0.05, 0) is 37.0 Å². The molecule has 0 amide bonds. The number of hydrogen-bond donors (Lipinski definition) is 2. The Balaban J connectivity index is 0.00000243. The Labute approximate surface area is 171 Å². The standard InChI is InChI=1S/C19H25N5O.HI/c1-3-7-17-23-18(25-24-17)15-9-6-8-14(12-15)13-21-19(20-2)22-16-10-4-5-11-16;/h4-6,8-9,12,16H,3,7,10-11,13H2,1-2H3,(H2,20,21,22);1H. The fourth-order valence-corrected chi connectivity index (χ4v) is 2.82. The van der Waals surface area contributed by atoms with Gasteiger partial charge in [-0.2, -0.15) is 4.98 Å². The van der Waals surface area contributed by atoms with Gasteiger partial charge in [0.15, 0.2) is 11.8 Å². The maximum atomic E-state index is 5.37. The molecule has 0 aliphatic heterocycles. The van der Waals surface area contributed by atoms with Crippen LogP contribution in [0.4, 0.5) is 0 Å². The molecule has 3 rings (SSSR count). The molecule has 140 valence electrons. The van der Waals surface area contributed by atoms with E-state index in [1.54, 1.807) is 7.05 Å². The molecule has 7 heteroatoms. The molecule has 2 N–H and O–H groups in total. The molecule has 1 aromatic heterocycles. The van der Waals surface area contributed by atoms with Gasteiger partial charge in [0.2, 0.25) is 0 Å². The van der Waals surface area contributed by atoms with Crippen molar-refractivity contribution in [3.05, 3.63) is 47.8 Å². The Kier molecular flexibility index (Phi) is 8.08. The van der Waals surface area contributed by atoms with Crippen molar-refractivity contribution in [2.75, 3.05) is 7.05 Å². The Hall–Kier alpha value is -1.90. The summed E-state index contributed by atoms with van der Waals surface area (Å²) in [5.74, 6) is 2.16. The summed E-state index contributed by atoms with van der Waals surface area (Å²) >= 11 is 0. The number of guanidine groups is 1. The first-order valence-corrected chi connectivity index (χ1v) is 8.82. The van der Waals surface area contributed by atoms with E-state index in [9.17, 15) is 0 Å². The van der Waals surface area contributed by atoms with Crippen LogP contribution in [-0.2, 0) is 13.0 Å². The Morgan fingerprint density at radius 1 is 1.31 bits per heavy atom. The van der Waals surface area contributed by atoms with Gasteiger partial charge in [-0.3, -0.25) is 4.99 Å². The third-order valence-electron chi connectivity index (χ3n) is 4.15. The molecule has 1 aliphatic rings. The highest BCUT2D eigenvalue weighted by Gasteiger charge is 2.12. The molecule has 6 nitrogen and oxygen atoms in total. The lowest BCUT2D eigenvalue weighted by atomic mass is 10.1. The van der Waals surface area contributed by atoms with E-state index in [1.165, 1.54) is 0 Å². The Morgan fingerprint density at radius 2 is 2.12 bits per heavy atom. The van der Waals surface area contributed by atoms with Crippen molar-refractivity contribution in [1.82, 2.24) is 20.8 Å². The number of hydrogen-bond acceptors (Lipinski definition) is 4. The summed E-state index contributed by atoms with van der Waals surface area (Å²) < 4.78 is 5.37. The van der Waals surface area contributed by atoms with Crippen LogP contribution in [0.3, 0.4) is 0 Å². The van der Waals surface area contributed by atoms with Gasteiger partial charge in [-0.1, -0.05) is 36.4 Å². The minimum atomic E-state index is 0. The quantitative estimate of drug-likeness (QED) is 0.294. The summed E-state index contributed by atoms with van der Waals surface area (Å²) in [7, 11) is 1.79. The second-order valence-electron chi connectivity index (χ2n) is 6.18. The molecule has 0 spiro atoms. The van der Waals surface area contributed by atoms with Gasteiger partial charge in [0.1, 0.15) is 0 Å². The summed E-state index contributed by atoms with van der Waals surface area (Å²) in [6, 6.07) is 8.58. The smallest absolute Gasteiger partial charge is 0.257 e. The van der Waals surface area contributed by atoms with E-state index < -0.39 is 0 Å². The highest BCUT2D eigenvalue weighted by molar-refractivity contribution is 14.0. The largest absolute Gasteiger partial charge is 0.353 e. The Morgan fingerprint density at radius 3 is 2.85 bits per heavy atom. The first-order valence-electron chi connectivity index (χ1n) is 8.82. The lowest BCUT2D eigenvalue weighted by Gasteiger charge is -2.17. The van der Waals surface area contributed by atoms with E-state index in [2.05, 4.69) is 57.0 Å². The van der Waals surface area contributed by atoms with Crippen molar-refractivity contribution in [3.63, 3.8) is 0 Å². The van der Waals surface area contributed by atoms with Crippen molar-refractivity contribution >= 4 is 29.9 Å². The molecule has 0 unspecified atom stereocenters. The molecular weight excluding hydrogens is 441 g/mol. The number of halogens is 1. The van der Waals surface area contributed by atoms with E-state index in [0.717, 1.165) is 48.6 Å². The van der Waals surface area contributed by atoms with E-state index in [4.69, 9.17) is 4.52 Å². The van der Waals surface area contributed by atoms with Gasteiger partial charge in [0.05, 0.1) is 0 Å². The van der Waals surface area contributed by atoms with Crippen LogP contribution in [0.2, 0.25) is 0 Å². The third-order valence-corrected chi connectivity index (χ3v) is 4.15. The van der Waals surface area contributed by atoms with Gasteiger partial charge in [-0.15, -0.1) is 24.0 Å². The zero-order valence-corrected chi connectivity index (χ0v) is 17.6. The van der Waals surface area contributed by atoms with E-state index in [1.807, 2.05) is 12.1 Å². The number of rotatable bonds is 6. The van der Waals surface area contributed by atoms with Crippen LogP contribution in [0.15, 0.2) is 45.9 Å². The average Bonchev–Trinajstić information content (AvgIpc) is 3.31. The molecule has 0 radical (unpaired) electrons. The molecule has 2 aromatic rings. The first kappa shape index (κ1) is 20.4. The van der Waals surface area contributed by atoms with Crippen molar-refractivity contribution in [1.29, 1.82) is 0 Å². The van der Waals surface area contributed by atoms with Crippen LogP contribution in [0.5, 0.6) is 0 Å².